The van der Waals surface area contributed by atoms with Gasteiger partial charge >= 0.3 is 0 Å². The van der Waals surface area contributed by atoms with E-state index < -0.39 is 0 Å². The molecule has 2 rings (SSSR count). The molecule has 16 heavy (non-hydrogen) atoms. The Bertz CT molecular complexity index is 365. The van der Waals surface area contributed by atoms with Crippen molar-refractivity contribution in [3.05, 3.63) is 23.7 Å². The first-order valence-corrected chi connectivity index (χ1v) is 5.70. The van der Waals surface area contributed by atoms with E-state index in [2.05, 4.69) is 17.3 Å². The number of aryl methyl sites for hydroxylation is 1. The minimum Gasteiger partial charge on any atom is -0.469 e. The molecule has 2 heterocycles. The fourth-order valence-electron chi connectivity index (χ4n) is 2.04. The molecule has 0 atom stereocenters. The summed E-state index contributed by atoms with van der Waals surface area (Å²) in [4.78, 5) is 14.2. The fourth-order valence-corrected chi connectivity index (χ4v) is 2.04. The van der Waals surface area contributed by atoms with Gasteiger partial charge in [-0.2, -0.15) is 0 Å². The Hall–Kier alpha value is -1.29. The Labute approximate surface area is 95.6 Å². The highest BCUT2D eigenvalue weighted by molar-refractivity contribution is 5.95. The van der Waals surface area contributed by atoms with Gasteiger partial charge < -0.3 is 14.6 Å². The van der Waals surface area contributed by atoms with Crippen molar-refractivity contribution in [2.24, 2.45) is 0 Å². The van der Waals surface area contributed by atoms with Crippen LogP contribution in [0.15, 0.2) is 16.7 Å². The Morgan fingerprint density at radius 2 is 2.19 bits per heavy atom. The summed E-state index contributed by atoms with van der Waals surface area (Å²) in [7, 11) is 2.11. The van der Waals surface area contributed by atoms with E-state index in [4.69, 9.17) is 4.42 Å². The number of hydrogen-bond donors (Lipinski definition) is 1. The Morgan fingerprint density at radius 3 is 2.75 bits per heavy atom. The lowest BCUT2D eigenvalue weighted by atomic mass is 10.1. The number of carbonyl (C=O) groups is 1. The summed E-state index contributed by atoms with van der Waals surface area (Å²) in [5.74, 6) is 0.672. The van der Waals surface area contributed by atoms with Crippen molar-refractivity contribution >= 4 is 5.91 Å². The summed E-state index contributed by atoms with van der Waals surface area (Å²) in [6.07, 6.45) is 3.61. The first-order chi connectivity index (χ1) is 7.66. The smallest absolute Gasteiger partial charge is 0.255 e. The third-order valence-corrected chi connectivity index (χ3v) is 3.16. The van der Waals surface area contributed by atoms with Gasteiger partial charge in [0.1, 0.15) is 5.76 Å². The zero-order valence-electron chi connectivity index (χ0n) is 9.82. The van der Waals surface area contributed by atoms with Gasteiger partial charge in [0.05, 0.1) is 11.8 Å². The molecule has 1 saturated heterocycles. The van der Waals surface area contributed by atoms with Crippen molar-refractivity contribution in [1.29, 1.82) is 0 Å². The van der Waals surface area contributed by atoms with E-state index in [-0.39, 0.29) is 5.91 Å². The molecule has 1 aliphatic rings. The summed E-state index contributed by atoms with van der Waals surface area (Å²) in [6.45, 7) is 3.91. The monoisotopic (exact) mass is 222 g/mol. The highest BCUT2D eigenvalue weighted by Crippen LogP contribution is 2.12. The molecular weight excluding hydrogens is 204 g/mol. The number of piperidine rings is 1. The molecule has 4 heteroatoms. The van der Waals surface area contributed by atoms with E-state index in [9.17, 15) is 4.79 Å². The number of nitrogens with zero attached hydrogens (tertiary/aromatic N) is 1. The van der Waals surface area contributed by atoms with Gasteiger partial charge in [0.15, 0.2) is 0 Å². The predicted molar refractivity (Wildman–Crippen MR) is 61.4 cm³/mol. The van der Waals surface area contributed by atoms with Crippen molar-refractivity contribution in [1.82, 2.24) is 10.2 Å². The van der Waals surface area contributed by atoms with Gasteiger partial charge in [0.2, 0.25) is 0 Å². The van der Waals surface area contributed by atoms with Gasteiger partial charge in [0, 0.05) is 6.04 Å². The SMILES string of the molecule is Cc1occc1C(=O)NC1CCN(C)CC1. The van der Waals surface area contributed by atoms with E-state index in [0.29, 0.717) is 17.4 Å². The zero-order valence-corrected chi connectivity index (χ0v) is 9.82. The standard InChI is InChI=1S/C12H18N2O2/c1-9-11(5-8-16-9)12(15)13-10-3-6-14(2)7-4-10/h5,8,10H,3-4,6-7H2,1-2H3,(H,13,15). The first kappa shape index (κ1) is 11.2. The lowest BCUT2D eigenvalue weighted by molar-refractivity contribution is 0.0915. The summed E-state index contributed by atoms with van der Waals surface area (Å²) < 4.78 is 5.12. The van der Waals surface area contributed by atoms with Gasteiger partial charge in [-0.1, -0.05) is 0 Å². The topological polar surface area (TPSA) is 45.5 Å². The molecule has 0 spiro atoms. The molecule has 0 aromatic carbocycles. The number of hydrogen-bond acceptors (Lipinski definition) is 3. The third-order valence-electron chi connectivity index (χ3n) is 3.16. The average Bonchev–Trinajstić information content (AvgIpc) is 2.68. The van der Waals surface area contributed by atoms with Crippen LogP contribution in [0.25, 0.3) is 0 Å². The van der Waals surface area contributed by atoms with Gasteiger partial charge in [-0.25, -0.2) is 0 Å². The molecule has 1 aromatic heterocycles. The molecule has 4 nitrogen and oxygen atoms in total. The third kappa shape index (κ3) is 2.44. The van der Waals surface area contributed by atoms with Crippen LogP contribution in [-0.2, 0) is 0 Å². The van der Waals surface area contributed by atoms with Crippen molar-refractivity contribution in [2.45, 2.75) is 25.8 Å². The second kappa shape index (κ2) is 4.70. The predicted octanol–water partition coefficient (Wildman–Crippen LogP) is 1.41. The van der Waals surface area contributed by atoms with Crippen LogP contribution in [-0.4, -0.2) is 37.0 Å². The van der Waals surface area contributed by atoms with Gasteiger partial charge in [-0.05, 0) is 46.0 Å². The molecular formula is C12H18N2O2. The lowest BCUT2D eigenvalue weighted by Gasteiger charge is -2.29. The fraction of sp³-hybridized carbons (Fsp3) is 0.583. The first-order valence-electron chi connectivity index (χ1n) is 5.70. The maximum Gasteiger partial charge on any atom is 0.255 e. The molecule has 1 aromatic rings. The van der Waals surface area contributed by atoms with Crippen LogP contribution in [0.3, 0.4) is 0 Å². The summed E-state index contributed by atoms with van der Waals surface area (Å²) in [5.41, 5.74) is 0.652. The molecule has 0 radical (unpaired) electrons. The second-order valence-corrected chi connectivity index (χ2v) is 4.44. The minimum atomic E-state index is -0.0131. The van der Waals surface area contributed by atoms with Crippen molar-refractivity contribution in [3.8, 4) is 0 Å². The highest BCUT2D eigenvalue weighted by atomic mass is 16.3. The summed E-state index contributed by atoms with van der Waals surface area (Å²) in [6, 6.07) is 2.03. The van der Waals surface area contributed by atoms with Crippen LogP contribution >= 0.6 is 0 Å². The maximum absolute atomic E-state index is 11.9. The van der Waals surface area contributed by atoms with E-state index in [1.165, 1.54) is 0 Å². The molecule has 1 N–H and O–H groups in total. The second-order valence-electron chi connectivity index (χ2n) is 4.44. The van der Waals surface area contributed by atoms with Crippen LogP contribution in [0.2, 0.25) is 0 Å². The maximum atomic E-state index is 11.9. The van der Waals surface area contributed by atoms with E-state index in [0.717, 1.165) is 25.9 Å². The van der Waals surface area contributed by atoms with Crippen LogP contribution in [0.1, 0.15) is 29.0 Å². The van der Waals surface area contributed by atoms with Crippen LogP contribution in [0.4, 0.5) is 0 Å². The van der Waals surface area contributed by atoms with Crippen LogP contribution in [0.5, 0.6) is 0 Å². The molecule has 0 aliphatic carbocycles. The normalized spacial score (nSPS) is 18.6. The zero-order chi connectivity index (χ0) is 11.5. The number of rotatable bonds is 2. The summed E-state index contributed by atoms with van der Waals surface area (Å²) >= 11 is 0. The average molecular weight is 222 g/mol. The Balaban J connectivity index is 1.91. The molecule has 0 saturated carbocycles. The van der Waals surface area contributed by atoms with E-state index in [1.54, 1.807) is 12.3 Å². The number of likely N-dealkylation sites (tertiary alicyclic amines) is 1. The highest BCUT2D eigenvalue weighted by Gasteiger charge is 2.20. The van der Waals surface area contributed by atoms with E-state index in [1.807, 2.05) is 6.92 Å². The molecule has 0 bridgehead atoms. The number of nitrogens with one attached hydrogen (secondary N) is 1. The van der Waals surface area contributed by atoms with E-state index >= 15 is 0 Å². The number of furan rings is 1. The Morgan fingerprint density at radius 1 is 1.50 bits per heavy atom. The van der Waals surface area contributed by atoms with Crippen molar-refractivity contribution < 1.29 is 9.21 Å². The number of carbonyl (C=O) groups excluding carboxylic acids is 1. The lowest BCUT2D eigenvalue weighted by Crippen LogP contribution is -2.43. The summed E-state index contributed by atoms with van der Waals surface area (Å²) in [5, 5.41) is 3.06. The van der Waals surface area contributed by atoms with Gasteiger partial charge in [0.25, 0.3) is 5.91 Å². The number of amides is 1. The molecule has 1 amide bonds. The van der Waals surface area contributed by atoms with Crippen molar-refractivity contribution in [2.75, 3.05) is 20.1 Å². The molecule has 1 aliphatic heterocycles. The van der Waals surface area contributed by atoms with Gasteiger partial charge in [-0.3, -0.25) is 4.79 Å². The van der Waals surface area contributed by atoms with Gasteiger partial charge in [-0.15, -0.1) is 0 Å². The largest absolute Gasteiger partial charge is 0.469 e. The van der Waals surface area contributed by atoms with Crippen LogP contribution in [0, 0.1) is 6.92 Å². The molecule has 88 valence electrons. The van der Waals surface area contributed by atoms with Crippen molar-refractivity contribution in [3.63, 3.8) is 0 Å². The molecule has 0 unspecified atom stereocenters. The Kier molecular flexibility index (Phi) is 3.29. The van der Waals surface area contributed by atoms with Crippen LogP contribution < -0.4 is 5.32 Å². The quantitative estimate of drug-likeness (QED) is 0.823. The molecule has 1 fully saturated rings. The minimum absolute atomic E-state index is 0.0131.